The normalized spacial score (nSPS) is 13.4. The van der Waals surface area contributed by atoms with Crippen molar-refractivity contribution in [2.75, 3.05) is 6.54 Å². The van der Waals surface area contributed by atoms with Gasteiger partial charge in [-0.3, -0.25) is 4.79 Å². The molecule has 1 aliphatic heterocycles. The number of hydrogen-bond acceptors (Lipinski definition) is 3. The molecule has 1 N–H and O–H groups in total. The maximum absolute atomic E-state index is 12.8. The second kappa shape index (κ2) is 6.46. The van der Waals surface area contributed by atoms with E-state index in [0.29, 0.717) is 23.6 Å². The van der Waals surface area contributed by atoms with Crippen LogP contribution in [0, 0.1) is 6.92 Å². The highest BCUT2D eigenvalue weighted by atomic mass is 35.5. The van der Waals surface area contributed by atoms with E-state index in [1.165, 1.54) is 0 Å². The van der Waals surface area contributed by atoms with Crippen molar-refractivity contribution in [2.24, 2.45) is 0 Å². The first-order valence-corrected chi connectivity index (χ1v) is 9.53. The number of para-hydroxylation sites is 1. The monoisotopic (exact) mass is 388 g/mol. The Morgan fingerprint density at radius 2 is 1.89 bits per heavy atom. The van der Waals surface area contributed by atoms with Crippen LogP contribution in [0.2, 0.25) is 5.02 Å². The van der Waals surface area contributed by atoms with Gasteiger partial charge < -0.3 is 5.32 Å². The zero-order chi connectivity index (χ0) is 19.3. The summed E-state index contributed by atoms with van der Waals surface area (Å²) in [6.45, 7) is 2.53. The zero-order valence-corrected chi connectivity index (χ0v) is 16.0. The Kier molecular flexibility index (Phi) is 3.91. The number of benzene rings is 2. The number of halogens is 1. The molecule has 3 heterocycles. The summed E-state index contributed by atoms with van der Waals surface area (Å²) in [5.74, 6) is -0.0995. The third kappa shape index (κ3) is 2.59. The summed E-state index contributed by atoms with van der Waals surface area (Å²) in [7, 11) is 0. The second-order valence-electron chi connectivity index (χ2n) is 6.86. The van der Waals surface area contributed by atoms with Crippen LogP contribution in [-0.4, -0.2) is 27.2 Å². The smallest absolute Gasteiger partial charge is 0.253 e. The van der Waals surface area contributed by atoms with Crippen LogP contribution in [0.1, 0.15) is 21.7 Å². The fourth-order valence-corrected chi connectivity index (χ4v) is 4.04. The topological polar surface area (TPSA) is 59.8 Å². The number of nitrogens with one attached hydrogen (secondary N) is 1. The molecule has 2 aromatic carbocycles. The van der Waals surface area contributed by atoms with Crippen molar-refractivity contribution in [2.45, 2.75) is 13.3 Å². The van der Waals surface area contributed by atoms with Gasteiger partial charge in [0, 0.05) is 23.6 Å². The van der Waals surface area contributed by atoms with Crippen LogP contribution in [-0.2, 0) is 6.42 Å². The molecule has 0 atom stereocenters. The quantitative estimate of drug-likeness (QED) is 0.555. The minimum atomic E-state index is -0.0995. The van der Waals surface area contributed by atoms with Crippen LogP contribution in [0.4, 0.5) is 0 Å². The van der Waals surface area contributed by atoms with Gasteiger partial charge in [0.15, 0.2) is 5.65 Å². The van der Waals surface area contributed by atoms with E-state index in [1.54, 1.807) is 0 Å². The predicted molar refractivity (Wildman–Crippen MR) is 110 cm³/mol. The average Bonchev–Trinajstić information content (AvgIpc) is 3.04. The minimum absolute atomic E-state index is 0.0995. The van der Waals surface area contributed by atoms with E-state index in [0.717, 1.165) is 39.2 Å². The first kappa shape index (κ1) is 17.0. The summed E-state index contributed by atoms with van der Waals surface area (Å²) in [6.07, 6.45) is 0.684. The molecule has 0 saturated heterocycles. The van der Waals surface area contributed by atoms with Gasteiger partial charge in [0.05, 0.1) is 28.0 Å². The molecule has 5 rings (SSSR count). The van der Waals surface area contributed by atoms with Gasteiger partial charge in [0.2, 0.25) is 0 Å². The number of fused-ring (bicyclic) bond motifs is 2. The zero-order valence-electron chi connectivity index (χ0n) is 15.2. The van der Waals surface area contributed by atoms with Crippen molar-refractivity contribution >= 4 is 28.5 Å². The van der Waals surface area contributed by atoms with Gasteiger partial charge in [-0.05, 0) is 36.8 Å². The second-order valence-corrected chi connectivity index (χ2v) is 7.29. The first-order valence-electron chi connectivity index (χ1n) is 9.15. The first-order chi connectivity index (χ1) is 13.6. The molecule has 5 nitrogen and oxygen atoms in total. The summed E-state index contributed by atoms with van der Waals surface area (Å²) in [6, 6.07) is 17.5. The lowest BCUT2D eigenvalue weighted by Gasteiger charge is -2.20. The Balaban J connectivity index is 1.92. The number of hydrogen-bond donors (Lipinski definition) is 1. The van der Waals surface area contributed by atoms with Crippen molar-refractivity contribution in [3.8, 4) is 16.8 Å². The predicted octanol–water partition coefficient (Wildman–Crippen LogP) is 4.34. The summed E-state index contributed by atoms with van der Waals surface area (Å²) in [5, 5.41) is 9.20. The van der Waals surface area contributed by atoms with Crippen LogP contribution in [0.3, 0.4) is 0 Å². The highest BCUT2D eigenvalue weighted by molar-refractivity contribution is 6.31. The van der Waals surface area contributed by atoms with E-state index in [-0.39, 0.29) is 5.91 Å². The van der Waals surface area contributed by atoms with E-state index >= 15 is 0 Å². The lowest BCUT2D eigenvalue weighted by molar-refractivity contribution is 0.0946. The number of carbonyl (C=O) groups excluding carboxylic acids is 1. The van der Waals surface area contributed by atoms with Crippen LogP contribution < -0.4 is 5.32 Å². The maximum atomic E-state index is 12.8. The van der Waals surface area contributed by atoms with E-state index in [4.69, 9.17) is 21.7 Å². The van der Waals surface area contributed by atoms with E-state index in [1.807, 2.05) is 66.2 Å². The molecule has 0 saturated carbocycles. The molecule has 0 fully saturated rings. The van der Waals surface area contributed by atoms with Gasteiger partial charge in [-0.25, -0.2) is 9.67 Å². The van der Waals surface area contributed by atoms with E-state index in [2.05, 4.69) is 5.32 Å². The average molecular weight is 389 g/mol. The van der Waals surface area contributed by atoms with Gasteiger partial charge in [-0.1, -0.05) is 41.9 Å². The summed E-state index contributed by atoms with van der Waals surface area (Å²) in [5.41, 5.74) is 5.67. The molecule has 1 aliphatic rings. The molecule has 4 aromatic rings. The van der Waals surface area contributed by atoms with Crippen molar-refractivity contribution in [1.29, 1.82) is 0 Å². The number of pyridine rings is 1. The molecular formula is C22H17ClN4O. The van der Waals surface area contributed by atoms with Gasteiger partial charge in [0.25, 0.3) is 5.91 Å². The summed E-state index contributed by atoms with van der Waals surface area (Å²) < 4.78 is 1.85. The number of aromatic nitrogens is 3. The van der Waals surface area contributed by atoms with Crippen LogP contribution in [0.5, 0.6) is 0 Å². The van der Waals surface area contributed by atoms with Crippen molar-refractivity contribution in [1.82, 2.24) is 20.1 Å². The Morgan fingerprint density at radius 3 is 2.68 bits per heavy atom. The molecule has 0 aliphatic carbocycles. The van der Waals surface area contributed by atoms with Gasteiger partial charge in [-0.15, -0.1) is 0 Å². The van der Waals surface area contributed by atoms with Gasteiger partial charge in [0.1, 0.15) is 0 Å². The third-order valence-electron chi connectivity index (χ3n) is 5.05. The fraction of sp³-hybridized carbons (Fsp3) is 0.136. The van der Waals surface area contributed by atoms with Crippen molar-refractivity contribution in [3.63, 3.8) is 0 Å². The highest BCUT2D eigenvalue weighted by Gasteiger charge is 2.28. The van der Waals surface area contributed by atoms with E-state index < -0.39 is 0 Å². The summed E-state index contributed by atoms with van der Waals surface area (Å²) >= 11 is 6.27. The van der Waals surface area contributed by atoms with Crippen molar-refractivity contribution < 1.29 is 4.79 Å². The Labute approximate surface area is 167 Å². The molecule has 2 aromatic heterocycles. The highest BCUT2D eigenvalue weighted by Crippen LogP contribution is 2.37. The Morgan fingerprint density at radius 1 is 1.07 bits per heavy atom. The Hall–Kier alpha value is -3.18. The lowest BCUT2D eigenvalue weighted by atomic mass is 9.92. The molecule has 1 amide bonds. The Bertz CT molecular complexity index is 1230. The van der Waals surface area contributed by atoms with Crippen LogP contribution in [0.25, 0.3) is 27.8 Å². The molecule has 6 heteroatoms. The number of nitrogens with zero attached hydrogens (tertiary/aromatic N) is 3. The summed E-state index contributed by atoms with van der Waals surface area (Å²) in [4.78, 5) is 17.7. The number of amides is 1. The third-order valence-corrected chi connectivity index (χ3v) is 5.29. The van der Waals surface area contributed by atoms with Crippen LogP contribution >= 0.6 is 11.6 Å². The van der Waals surface area contributed by atoms with Gasteiger partial charge >= 0.3 is 0 Å². The largest absolute Gasteiger partial charge is 0.352 e. The van der Waals surface area contributed by atoms with Gasteiger partial charge in [-0.2, -0.15) is 5.10 Å². The number of carbonyl (C=O) groups is 1. The SMILES string of the molecule is Cc1nn(-c2ccccc2)c2nc3c(c(-c4cccc(Cl)c4)c12)C(=O)NCC3. The molecule has 0 radical (unpaired) electrons. The fourth-order valence-electron chi connectivity index (χ4n) is 3.85. The number of rotatable bonds is 2. The molecular weight excluding hydrogens is 372 g/mol. The molecule has 0 unspecified atom stereocenters. The molecule has 28 heavy (non-hydrogen) atoms. The number of aryl methyl sites for hydroxylation is 1. The minimum Gasteiger partial charge on any atom is -0.352 e. The lowest BCUT2D eigenvalue weighted by Crippen LogP contribution is -2.33. The molecule has 0 spiro atoms. The maximum Gasteiger partial charge on any atom is 0.253 e. The van der Waals surface area contributed by atoms with E-state index in [9.17, 15) is 4.79 Å². The van der Waals surface area contributed by atoms with Crippen LogP contribution in [0.15, 0.2) is 54.6 Å². The van der Waals surface area contributed by atoms with Crippen molar-refractivity contribution in [3.05, 3.63) is 76.6 Å². The molecule has 138 valence electrons. The molecule has 0 bridgehead atoms. The standard InChI is InChI=1S/C22H17ClN4O/c1-13-18-19(14-6-5-7-15(23)12-14)20-17(10-11-24-22(20)28)25-21(18)27(26-13)16-8-3-2-4-9-16/h2-9,12H,10-11H2,1H3,(H,24,28).